The Labute approximate surface area is 249 Å². The SMILES string of the molecule is CCC(CC(C)C(=O)OC12CC3CC(CC(O)(C3)C1)C2)C(=O)OC12CC3CC(C1)CC(C(=O)OC1CCCCO1)(C3)C2. The van der Waals surface area contributed by atoms with E-state index in [-0.39, 0.29) is 17.9 Å². The summed E-state index contributed by atoms with van der Waals surface area (Å²) in [7, 11) is 0. The van der Waals surface area contributed by atoms with E-state index in [0.717, 1.165) is 83.5 Å². The first-order valence-electron chi connectivity index (χ1n) is 17.0. The van der Waals surface area contributed by atoms with Gasteiger partial charge < -0.3 is 24.1 Å². The zero-order valence-corrected chi connectivity index (χ0v) is 25.6. The van der Waals surface area contributed by atoms with Crippen LogP contribution in [-0.4, -0.2) is 52.7 Å². The number of carbonyl (C=O) groups is 3. The summed E-state index contributed by atoms with van der Waals surface area (Å²) in [6, 6.07) is 0. The molecule has 9 rings (SSSR count). The van der Waals surface area contributed by atoms with Crippen LogP contribution >= 0.6 is 0 Å². The maximum Gasteiger partial charge on any atom is 0.314 e. The number of esters is 3. The summed E-state index contributed by atoms with van der Waals surface area (Å²) >= 11 is 0. The largest absolute Gasteiger partial charge is 0.459 e. The number of rotatable bonds is 9. The van der Waals surface area contributed by atoms with Crippen LogP contribution in [0, 0.1) is 40.9 Å². The van der Waals surface area contributed by atoms with E-state index in [9.17, 15) is 19.5 Å². The molecule has 8 nitrogen and oxygen atoms in total. The molecule has 0 aromatic rings. The average Bonchev–Trinajstić information content (AvgIpc) is 2.89. The Balaban J connectivity index is 0.985. The minimum atomic E-state index is -0.686. The summed E-state index contributed by atoms with van der Waals surface area (Å²) in [6.07, 6.45) is 13.2. The quantitative estimate of drug-likeness (QED) is 0.274. The molecule has 7 unspecified atom stereocenters. The Morgan fingerprint density at radius 3 is 2.00 bits per heavy atom. The highest BCUT2D eigenvalue weighted by Gasteiger charge is 2.64. The lowest BCUT2D eigenvalue weighted by molar-refractivity contribution is -0.231. The van der Waals surface area contributed by atoms with E-state index in [1.165, 1.54) is 0 Å². The summed E-state index contributed by atoms with van der Waals surface area (Å²) in [5.41, 5.74) is -2.45. The molecule has 1 saturated heterocycles. The van der Waals surface area contributed by atoms with E-state index in [0.29, 0.717) is 56.0 Å². The highest BCUT2D eigenvalue weighted by Crippen LogP contribution is 2.64. The lowest BCUT2D eigenvalue weighted by Gasteiger charge is -2.60. The van der Waals surface area contributed by atoms with Crippen LogP contribution in [-0.2, 0) is 33.3 Å². The zero-order chi connectivity index (χ0) is 29.3. The van der Waals surface area contributed by atoms with Crippen molar-refractivity contribution in [3.8, 4) is 0 Å². The molecule has 0 aromatic heterocycles. The van der Waals surface area contributed by atoms with E-state index in [2.05, 4.69) is 0 Å². The number of hydrogen-bond donors (Lipinski definition) is 1. The van der Waals surface area contributed by atoms with Gasteiger partial charge in [0, 0.05) is 19.3 Å². The van der Waals surface area contributed by atoms with Crippen LogP contribution in [0.5, 0.6) is 0 Å². The molecule has 1 aliphatic heterocycles. The van der Waals surface area contributed by atoms with Gasteiger partial charge in [-0.1, -0.05) is 13.8 Å². The average molecular weight is 587 g/mol. The van der Waals surface area contributed by atoms with Gasteiger partial charge >= 0.3 is 17.9 Å². The summed E-state index contributed by atoms with van der Waals surface area (Å²) in [6.45, 7) is 4.46. The van der Waals surface area contributed by atoms with Crippen LogP contribution in [0.25, 0.3) is 0 Å². The maximum atomic E-state index is 13.7. The van der Waals surface area contributed by atoms with E-state index in [4.69, 9.17) is 18.9 Å². The Morgan fingerprint density at radius 1 is 0.833 bits per heavy atom. The maximum absolute atomic E-state index is 13.7. The molecule has 1 heterocycles. The van der Waals surface area contributed by atoms with E-state index in [1.807, 2.05) is 13.8 Å². The molecule has 8 aliphatic carbocycles. The number of ether oxygens (including phenoxy) is 4. The topological polar surface area (TPSA) is 108 Å². The molecule has 8 bridgehead atoms. The third-order valence-corrected chi connectivity index (χ3v) is 12.3. The van der Waals surface area contributed by atoms with Gasteiger partial charge in [0.1, 0.15) is 11.2 Å². The van der Waals surface area contributed by atoms with E-state index < -0.39 is 40.3 Å². The minimum absolute atomic E-state index is 0.165. The molecule has 9 aliphatic rings. The summed E-state index contributed by atoms with van der Waals surface area (Å²) in [5, 5.41) is 11.1. The molecule has 234 valence electrons. The molecule has 0 aromatic carbocycles. The van der Waals surface area contributed by atoms with Crippen molar-refractivity contribution in [2.75, 3.05) is 6.61 Å². The fourth-order valence-electron chi connectivity index (χ4n) is 11.4. The van der Waals surface area contributed by atoms with Gasteiger partial charge in [-0.3, -0.25) is 14.4 Å². The molecule has 8 saturated carbocycles. The number of hydrogen-bond acceptors (Lipinski definition) is 8. The van der Waals surface area contributed by atoms with Crippen LogP contribution in [0.4, 0.5) is 0 Å². The van der Waals surface area contributed by atoms with Crippen molar-refractivity contribution < 1.29 is 38.4 Å². The smallest absolute Gasteiger partial charge is 0.314 e. The first kappa shape index (κ1) is 29.1. The molecule has 7 atom stereocenters. The molecule has 1 N–H and O–H groups in total. The highest BCUT2D eigenvalue weighted by molar-refractivity contribution is 5.79. The Kier molecular flexibility index (Phi) is 7.24. The second-order valence-electron chi connectivity index (χ2n) is 16.1. The van der Waals surface area contributed by atoms with Gasteiger partial charge in [-0.15, -0.1) is 0 Å². The van der Waals surface area contributed by atoms with Crippen molar-refractivity contribution in [3.05, 3.63) is 0 Å². The number of carbonyl (C=O) groups excluding carboxylic acids is 3. The van der Waals surface area contributed by atoms with E-state index >= 15 is 0 Å². The first-order valence-corrected chi connectivity index (χ1v) is 17.0. The normalized spacial score (nSPS) is 46.2. The lowest BCUT2D eigenvalue weighted by atomic mass is 9.48. The third-order valence-electron chi connectivity index (χ3n) is 12.3. The molecule has 0 radical (unpaired) electrons. The Bertz CT molecular complexity index is 1070. The monoisotopic (exact) mass is 586 g/mol. The van der Waals surface area contributed by atoms with Crippen molar-refractivity contribution in [2.24, 2.45) is 40.9 Å². The Morgan fingerprint density at radius 2 is 1.43 bits per heavy atom. The fraction of sp³-hybridized carbons (Fsp3) is 0.912. The molecular formula is C34H50O8. The van der Waals surface area contributed by atoms with Gasteiger partial charge in [-0.25, -0.2) is 0 Å². The molecule has 9 fully saturated rings. The van der Waals surface area contributed by atoms with Gasteiger partial charge in [0.25, 0.3) is 0 Å². The van der Waals surface area contributed by atoms with Crippen LogP contribution in [0.15, 0.2) is 0 Å². The number of aliphatic hydroxyl groups is 1. The summed E-state index contributed by atoms with van der Waals surface area (Å²) in [5.74, 6) is 0.101. The van der Waals surface area contributed by atoms with Crippen LogP contribution < -0.4 is 0 Å². The molecule has 0 amide bonds. The van der Waals surface area contributed by atoms with Gasteiger partial charge in [-0.2, -0.15) is 0 Å². The van der Waals surface area contributed by atoms with Crippen molar-refractivity contribution in [3.63, 3.8) is 0 Å². The van der Waals surface area contributed by atoms with Gasteiger partial charge in [0.05, 0.1) is 29.5 Å². The Hall–Kier alpha value is -1.67. The predicted octanol–water partition coefficient (Wildman–Crippen LogP) is 5.62. The first-order chi connectivity index (χ1) is 20.0. The second-order valence-corrected chi connectivity index (χ2v) is 16.1. The highest BCUT2D eigenvalue weighted by atomic mass is 16.7. The molecule has 42 heavy (non-hydrogen) atoms. The predicted molar refractivity (Wildman–Crippen MR) is 152 cm³/mol. The van der Waals surface area contributed by atoms with Gasteiger partial charge in [-0.05, 0) is 114 Å². The second kappa shape index (κ2) is 10.5. The minimum Gasteiger partial charge on any atom is -0.459 e. The van der Waals surface area contributed by atoms with Crippen molar-refractivity contribution in [1.29, 1.82) is 0 Å². The van der Waals surface area contributed by atoms with Crippen molar-refractivity contribution in [2.45, 2.75) is 146 Å². The van der Waals surface area contributed by atoms with Crippen molar-refractivity contribution in [1.82, 2.24) is 0 Å². The van der Waals surface area contributed by atoms with Crippen LogP contribution in [0.1, 0.15) is 123 Å². The van der Waals surface area contributed by atoms with E-state index in [1.54, 1.807) is 0 Å². The van der Waals surface area contributed by atoms with Crippen LogP contribution in [0.2, 0.25) is 0 Å². The molecule has 8 heteroatoms. The zero-order valence-electron chi connectivity index (χ0n) is 25.6. The van der Waals surface area contributed by atoms with Gasteiger partial charge in [0.15, 0.2) is 0 Å². The molecule has 0 spiro atoms. The molecular weight excluding hydrogens is 536 g/mol. The third kappa shape index (κ3) is 5.31. The summed E-state index contributed by atoms with van der Waals surface area (Å²) < 4.78 is 24.3. The lowest BCUT2D eigenvalue weighted by Crippen LogP contribution is -2.60. The van der Waals surface area contributed by atoms with Crippen molar-refractivity contribution >= 4 is 17.9 Å². The summed E-state index contributed by atoms with van der Waals surface area (Å²) in [4.78, 5) is 40.7. The standard InChI is InChI=1S/C34H50O8/c1-3-26(8-21(2)28(35)41-34-17-24-10-25(18-34)14-32(38,13-24)20-34)29(36)42-33-15-22-9-23(16-33)12-31(11-22,19-33)30(37)40-27-6-4-5-7-39-27/h21-27,38H,3-20H2,1-2H3. The fourth-order valence-corrected chi connectivity index (χ4v) is 11.4. The van der Waals surface area contributed by atoms with Gasteiger partial charge in [0.2, 0.25) is 6.29 Å². The van der Waals surface area contributed by atoms with Crippen LogP contribution in [0.3, 0.4) is 0 Å².